The van der Waals surface area contributed by atoms with Crippen molar-refractivity contribution in [2.75, 3.05) is 26.8 Å². The van der Waals surface area contributed by atoms with Crippen molar-refractivity contribution in [3.05, 3.63) is 0 Å². The molecule has 1 saturated carbocycles. The van der Waals surface area contributed by atoms with Crippen LogP contribution in [-0.4, -0.2) is 78.6 Å². The van der Waals surface area contributed by atoms with E-state index >= 15 is 0 Å². The molecule has 0 unspecified atom stereocenters. The summed E-state index contributed by atoms with van der Waals surface area (Å²) in [5.74, 6) is -3.15. The minimum atomic E-state index is -5.08. The fourth-order valence-electron chi connectivity index (χ4n) is 3.92. The van der Waals surface area contributed by atoms with Gasteiger partial charge >= 0.3 is 24.3 Å². The van der Waals surface area contributed by atoms with Crippen LogP contribution < -0.4 is 10.6 Å². The van der Waals surface area contributed by atoms with Crippen LogP contribution in [0.3, 0.4) is 0 Å². The van der Waals surface area contributed by atoms with Gasteiger partial charge in [-0.15, -0.1) is 0 Å². The number of aliphatic carboxylic acids is 2. The average Bonchev–Trinajstić information content (AvgIpc) is 3.08. The van der Waals surface area contributed by atoms with Gasteiger partial charge in [-0.3, -0.25) is 9.79 Å². The molecule has 2 heterocycles. The summed E-state index contributed by atoms with van der Waals surface area (Å²) in [6.07, 6.45) is -2.55. The van der Waals surface area contributed by atoms with Gasteiger partial charge in [-0.2, -0.15) is 26.3 Å². The summed E-state index contributed by atoms with van der Waals surface area (Å²) in [6.45, 7) is 2.66. The number of carboxylic acids is 2. The third-order valence-corrected chi connectivity index (χ3v) is 5.88. The number of hydrogen-bond donors (Lipinski definition) is 4. The number of nitrogens with zero attached hydrogens (tertiary/aromatic N) is 1. The third-order valence-electron chi connectivity index (χ3n) is 5.88. The molecule has 9 nitrogen and oxygen atoms in total. The first-order chi connectivity index (χ1) is 16.1. The Labute approximate surface area is 197 Å². The molecule has 0 radical (unpaired) electrons. The van der Waals surface area contributed by atoms with Crippen LogP contribution in [-0.2, 0) is 19.1 Å². The molecule has 1 aliphatic carbocycles. The molecule has 0 atom stereocenters. The SMILES string of the molecule is COCCC1CCC(C2=NC3(CCNCC3)C(=O)N2)CC1.O=C(O)C(F)(F)F.O=C(O)C(F)(F)F. The minimum absolute atomic E-state index is 0.139. The molecule has 4 N–H and O–H groups in total. The van der Waals surface area contributed by atoms with Crippen LogP contribution in [0.4, 0.5) is 26.3 Å². The molecule has 3 rings (SSSR count). The van der Waals surface area contributed by atoms with Crippen molar-refractivity contribution < 1.29 is 55.7 Å². The summed E-state index contributed by atoms with van der Waals surface area (Å²) in [7, 11) is 1.77. The Kier molecular flexibility index (Phi) is 11.4. The van der Waals surface area contributed by atoms with Gasteiger partial charge in [0.25, 0.3) is 5.91 Å². The van der Waals surface area contributed by atoms with Crippen LogP contribution in [0.2, 0.25) is 0 Å². The number of alkyl halides is 6. The average molecular weight is 521 g/mol. The number of hydrogen-bond acceptors (Lipinski definition) is 6. The number of carbonyl (C=O) groups is 3. The van der Waals surface area contributed by atoms with E-state index in [1.807, 2.05) is 0 Å². The second kappa shape index (κ2) is 13.0. The molecule has 35 heavy (non-hydrogen) atoms. The molecule has 1 saturated heterocycles. The largest absolute Gasteiger partial charge is 0.490 e. The number of aliphatic imine (C=N–C) groups is 1. The number of piperidine rings is 1. The van der Waals surface area contributed by atoms with E-state index in [4.69, 9.17) is 29.5 Å². The third kappa shape index (κ3) is 9.99. The highest BCUT2D eigenvalue weighted by molar-refractivity contribution is 6.09. The molecule has 1 amide bonds. The Morgan fingerprint density at radius 3 is 1.86 bits per heavy atom. The lowest BCUT2D eigenvalue weighted by molar-refractivity contribution is -0.193. The van der Waals surface area contributed by atoms with E-state index in [9.17, 15) is 31.1 Å². The zero-order valence-electron chi connectivity index (χ0n) is 19.0. The monoisotopic (exact) mass is 521 g/mol. The molecule has 202 valence electrons. The Hall–Kier alpha value is -2.42. The molecule has 0 bridgehead atoms. The van der Waals surface area contributed by atoms with Crippen molar-refractivity contribution in [3.63, 3.8) is 0 Å². The number of methoxy groups -OCH3 is 1. The molecule has 3 aliphatic rings. The number of halogens is 6. The minimum Gasteiger partial charge on any atom is -0.475 e. The van der Waals surface area contributed by atoms with Crippen LogP contribution >= 0.6 is 0 Å². The Morgan fingerprint density at radius 1 is 1.00 bits per heavy atom. The van der Waals surface area contributed by atoms with Crippen molar-refractivity contribution in [1.82, 2.24) is 10.6 Å². The van der Waals surface area contributed by atoms with Gasteiger partial charge in [0, 0.05) is 19.6 Å². The van der Waals surface area contributed by atoms with Crippen LogP contribution in [0.1, 0.15) is 44.9 Å². The first-order valence-electron chi connectivity index (χ1n) is 10.8. The zero-order chi connectivity index (χ0) is 26.9. The Bertz CT molecular complexity index is 733. The number of nitrogens with one attached hydrogen (secondary N) is 2. The number of amides is 1. The number of ether oxygens (including phenoxy) is 1. The van der Waals surface area contributed by atoms with E-state index in [0.717, 1.165) is 63.6 Å². The van der Waals surface area contributed by atoms with E-state index in [-0.39, 0.29) is 5.91 Å². The number of carbonyl (C=O) groups excluding carboxylic acids is 1. The second-order valence-corrected chi connectivity index (χ2v) is 8.34. The molecule has 2 fully saturated rings. The summed E-state index contributed by atoms with van der Waals surface area (Å²) in [5, 5.41) is 20.7. The van der Waals surface area contributed by atoms with Crippen LogP contribution in [0.15, 0.2) is 4.99 Å². The van der Waals surface area contributed by atoms with Crippen LogP contribution in [0, 0.1) is 11.8 Å². The topological polar surface area (TPSA) is 137 Å². The number of carboxylic acid groups (broad SMARTS) is 2. The molecule has 0 aromatic rings. The zero-order valence-corrected chi connectivity index (χ0v) is 19.0. The molecule has 15 heteroatoms. The van der Waals surface area contributed by atoms with Crippen molar-refractivity contribution >= 4 is 23.7 Å². The summed E-state index contributed by atoms with van der Waals surface area (Å²) in [5.41, 5.74) is -0.451. The molecule has 0 aromatic heterocycles. The summed E-state index contributed by atoms with van der Waals surface area (Å²) >= 11 is 0. The van der Waals surface area contributed by atoms with Gasteiger partial charge in [0.1, 0.15) is 11.4 Å². The van der Waals surface area contributed by atoms with E-state index in [1.165, 1.54) is 12.8 Å². The molecular weight excluding hydrogens is 492 g/mol. The first kappa shape index (κ1) is 30.6. The van der Waals surface area contributed by atoms with E-state index in [0.29, 0.717) is 5.92 Å². The summed E-state index contributed by atoms with van der Waals surface area (Å²) in [4.78, 5) is 35.0. The fourth-order valence-corrected chi connectivity index (χ4v) is 3.92. The van der Waals surface area contributed by atoms with E-state index in [2.05, 4.69) is 10.6 Å². The highest BCUT2D eigenvalue weighted by atomic mass is 19.4. The van der Waals surface area contributed by atoms with Gasteiger partial charge in [0.15, 0.2) is 0 Å². The first-order valence-corrected chi connectivity index (χ1v) is 10.8. The maximum absolute atomic E-state index is 12.3. The number of amidine groups is 1. The highest BCUT2D eigenvalue weighted by Crippen LogP contribution is 2.35. The van der Waals surface area contributed by atoms with Gasteiger partial charge in [-0.25, -0.2) is 9.59 Å². The molecule has 2 aliphatic heterocycles. The van der Waals surface area contributed by atoms with Gasteiger partial charge in [-0.05, 0) is 64.0 Å². The van der Waals surface area contributed by atoms with Gasteiger partial charge in [-0.1, -0.05) is 0 Å². The highest BCUT2D eigenvalue weighted by Gasteiger charge is 2.45. The molecule has 0 aromatic carbocycles. The predicted molar refractivity (Wildman–Crippen MR) is 110 cm³/mol. The maximum atomic E-state index is 12.3. The van der Waals surface area contributed by atoms with Crippen LogP contribution in [0.5, 0.6) is 0 Å². The summed E-state index contributed by atoms with van der Waals surface area (Å²) in [6, 6.07) is 0. The quantitative estimate of drug-likeness (QED) is 0.418. The molecular formula is C20H29F6N3O6. The fraction of sp³-hybridized carbons (Fsp3) is 0.800. The van der Waals surface area contributed by atoms with Crippen molar-refractivity contribution in [2.45, 2.75) is 62.8 Å². The maximum Gasteiger partial charge on any atom is 0.490 e. The Morgan fingerprint density at radius 2 is 1.46 bits per heavy atom. The van der Waals surface area contributed by atoms with E-state index in [1.54, 1.807) is 7.11 Å². The number of rotatable bonds is 4. The Balaban J connectivity index is 0.000000362. The molecule has 1 spiro atoms. The lowest BCUT2D eigenvalue weighted by atomic mass is 9.80. The summed E-state index contributed by atoms with van der Waals surface area (Å²) < 4.78 is 68.6. The standard InChI is InChI=1S/C16H27N3O2.2C2HF3O2/c1-21-11-6-12-2-4-13(5-3-12)14-18-15(20)16(19-14)7-9-17-10-8-16;2*3-2(4,5)1(6)7/h12-13,17H,2-11H2,1H3,(H,18,19,20);2*(H,6,7). The van der Waals surface area contributed by atoms with Crippen molar-refractivity contribution in [1.29, 1.82) is 0 Å². The smallest absolute Gasteiger partial charge is 0.475 e. The lowest BCUT2D eigenvalue weighted by Gasteiger charge is -2.29. The van der Waals surface area contributed by atoms with E-state index < -0.39 is 29.8 Å². The van der Waals surface area contributed by atoms with Crippen LogP contribution in [0.25, 0.3) is 0 Å². The second-order valence-electron chi connectivity index (χ2n) is 8.34. The van der Waals surface area contributed by atoms with Crippen molar-refractivity contribution in [2.24, 2.45) is 16.8 Å². The van der Waals surface area contributed by atoms with Gasteiger partial charge in [0.2, 0.25) is 0 Å². The normalized spacial score (nSPS) is 23.7. The van der Waals surface area contributed by atoms with Crippen molar-refractivity contribution in [3.8, 4) is 0 Å². The predicted octanol–water partition coefficient (Wildman–Crippen LogP) is 2.75. The lowest BCUT2D eigenvalue weighted by Crippen LogP contribution is -2.47. The van der Waals surface area contributed by atoms with Gasteiger partial charge < -0.3 is 25.6 Å². The van der Waals surface area contributed by atoms with Gasteiger partial charge in [0.05, 0.1) is 0 Å².